The Morgan fingerprint density at radius 3 is 1.75 bits per heavy atom. The molecule has 0 aromatic rings. The highest BCUT2D eigenvalue weighted by Crippen LogP contribution is 1.99. The molecule has 0 aliphatic rings. The first-order valence-corrected chi connectivity index (χ1v) is 9.45. The van der Waals surface area contributed by atoms with Crippen LogP contribution < -0.4 is 5.32 Å². The number of Topliss-reactive ketones (excluding diaryl/α,β-unsaturated/α-hetero) is 1. The van der Waals surface area contributed by atoms with Crippen molar-refractivity contribution < 1.29 is 28.5 Å². The molecule has 0 radical (unpaired) electrons. The van der Waals surface area contributed by atoms with Crippen LogP contribution in [-0.4, -0.2) is 75.0 Å². The van der Waals surface area contributed by atoms with Crippen LogP contribution in [0.25, 0.3) is 0 Å². The Morgan fingerprint density at radius 2 is 1.29 bits per heavy atom. The Morgan fingerprint density at radius 1 is 0.833 bits per heavy atom. The second-order valence-corrected chi connectivity index (χ2v) is 7.29. The van der Waals surface area contributed by atoms with Gasteiger partial charge < -0.3 is 24.3 Å². The summed E-state index contributed by atoms with van der Waals surface area (Å²) in [4.78, 5) is 22.6. The maximum Gasteiger partial charge on any atom is 0.222 e. The summed E-state index contributed by atoms with van der Waals surface area (Å²) in [6, 6.07) is 0. The van der Waals surface area contributed by atoms with E-state index in [1.807, 2.05) is 20.8 Å². The molecule has 0 aliphatic carbocycles. The lowest BCUT2D eigenvalue weighted by Crippen LogP contribution is -2.31. The Bertz CT molecular complexity index is 307. The number of ether oxygens (including phenoxy) is 4. The van der Waals surface area contributed by atoms with E-state index < -0.39 is 0 Å². The smallest absolute Gasteiger partial charge is 0.222 e. The van der Waals surface area contributed by atoms with Gasteiger partial charge in [-0.2, -0.15) is 0 Å². The molecule has 0 aromatic carbocycles. The molecule has 0 bridgehead atoms. The van der Waals surface area contributed by atoms with Gasteiger partial charge in [-0.05, 0) is 6.92 Å². The van der Waals surface area contributed by atoms with E-state index in [9.17, 15) is 9.59 Å². The topological polar surface area (TPSA) is 83.1 Å². The molecule has 1 unspecified atom stereocenters. The lowest BCUT2D eigenvalue weighted by Gasteiger charge is -2.09. The third-order valence-corrected chi connectivity index (χ3v) is 3.57. The molecule has 8 heteroatoms. The normalized spacial score (nSPS) is 12.4. The Kier molecular flexibility index (Phi) is 16.0. The van der Waals surface area contributed by atoms with E-state index in [1.165, 1.54) is 0 Å². The zero-order valence-electron chi connectivity index (χ0n) is 14.8. The first-order chi connectivity index (χ1) is 11.4. The van der Waals surface area contributed by atoms with Crippen molar-refractivity contribution in [3.8, 4) is 0 Å². The lowest BCUT2D eigenvalue weighted by molar-refractivity contribution is -0.124. The first-order valence-electron chi connectivity index (χ1n) is 8.20. The number of amides is 1. The van der Waals surface area contributed by atoms with Crippen LogP contribution in [0.4, 0.5) is 0 Å². The van der Waals surface area contributed by atoms with Gasteiger partial charge in [0.25, 0.3) is 0 Å². The highest BCUT2D eigenvalue weighted by atomic mass is 127. The van der Waals surface area contributed by atoms with Crippen molar-refractivity contribution in [2.75, 3.05) is 59.4 Å². The van der Waals surface area contributed by atoms with E-state index >= 15 is 0 Å². The second kappa shape index (κ2) is 16.2. The van der Waals surface area contributed by atoms with E-state index in [0.717, 1.165) is 0 Å². The van der Waals surface area contributed by atoms with Crippen LogP contribution in [0, 0.1) is 5.92 Å². The zero-order chi connectivity index (χ0) is 18.2. The minimum absolute atomic E-state index is 0.00549. The maximum atomic E-state index is 11.3. The minimum atomic E-state index is -0.0226. The van der Waals surface area contributed by atoms with Gasteiger partial charge >= 0.3 is 0 Å². The molecule has 0 aliphatic heterocycles. The van der Waals surface area contributed by atoms with Gasteiger partial charge in [-0.25, -0.2) is 0 Å². The third-order valence-electron chi connectivity index (χ3n) is 2.87. The van der Waals surface area contributed by atoms with E-state index in [4.69, 9.17) is 18.9 Å². The second-order valence-electron chi connectivity index (χ2n) is 5.42. The van der Waals surface area contributed by atoms with Gasteiger partial charge in [-0.15, -0.1) is 0 Å². The standard InChI is InChI=1S/C16H30INO6/c1-13(2)16(20)18-4-5-21-6-7-22-8-9-23-10-11-24-12-15(19)14(3)17/h13-14H,4-12H2,1-3H3,(H,18,20). The molecule has 0 heterocycles. The summed E-state index contributed by atoms with van der Waals surface area (Å²) < 4.78 is 21.2. The summed E-state index contributed by atoms with van der Waals surface area (Å²) in [6.07, 6.45) is 0. The van der Waals surface area contributed by atoms with Crippen molar-refractivity contribution in [3.63, 3.8) is 0 Å². The van der Waals surface area contributed by atoms with Crippen LogP contribution in [0.5, 0.6) is 0 Å². The van der Waals surface area contributed by atoms with Crippen LogP contribution in [0.1, 0.15) is 20.8 Å². The quantitative estimate of drug-likeness (QED) is 0.212. The van der Waals surface area contributed by atoms with E-state index in [0.29, 0.717) is 52.8 Å². The number of carbonyl (C=O) groups is 2. The van der Waals surface area contributed by atoms with Gasteiger partial charge in [0.1, 0.15) is 6.61 Å². The molecule has 1 atom stereocenters. The highest BCUT2D eigenvalue weighted by Gasteiger charge is 2.07. The molecule has 0 spiro atoms. The number of ketones is 1. The molecule has 7 nitrogen and oxygen atoms in total. The molecular weight excluding hydrogens is 429 g/mol. The van der Waals surface area contributed by atoms with Crippen molar-refractivity contribution in [1.82, 2.24) is 5.32 Å². The molecule has 0 aromatic heterocycles. The van der Waals surface area contributed by atoms with Gasteiger partial charge in [0.05, 0.1) is 50.2 Å². The van der Waals surface area contributed by atoms with Crippen LogP contribution >= 0.6 is 22.6 Å². The minimum Gasteiger partial charge on any atom is -0.377 e. The summed E-state index contributed by atoms with van der Waals surface area (Å²) in [5.74, 6) is 0.112. The largest absolute Gasteiger partial charge is 0.377 e. The molecule has 0 saturated heterocycles. The Labute approximate surface area is 158 Å². The summed E-state index contributed by atoms with van der Waals surface area (Å²) >= 11 is 2.07. The monoisotopic (exact) mass is 459 g/mol. The van der Waals surface area contributed by atoms with Crippen LogP contribution in [0.2, 0.25) is 0 Å². The van der Waals surface area contributed by atoms with Gasteiger partial charge in [0.2, 0.25) is 5.91 Å². The van der Waals surface area contributed by atoms with Gasteiger partial charge in [0.15, 0.2) is 5.78 Å². The van der Waals surface area contributed by atoms with E-state index in [2.05, 4.69) is 27.9 Å². The van der Waals surface area contributed by atoms with Crippen LogP contribution in [0.3, 0.4) is 0 Å². The SMILES string of the molecule is CC(C)C(=O)NCCOCCOCCOCCOCC(=O)C(C)I. The van der Waals surface area contributed by atoms with Crippen molar-refractivity contribution in [3.05, 3.63) is 0 Å². The predicted octanol–water partition coefficient (Wildman–Crippen LogP) is 1.22. The molecule has 0 fully saturated rings. The number of hydrogen-bond acceptors (Lipinski definition) is 6. The molecule has 1 N–H and O–H groups in total. The van der Waals surface area contributed by atoms with Gasteiger partial charge in [0, 0.05) is 12.5 Å². The van der Waals surface area contributed by atoms with Crippen LogP contribution in [-0.2, 0) is 28.5 Å². The number of rotatable bonds is 16. The van der Waals surface area contributed by atoms with E-state index in [-0.39, 0.29) is 28.1 Å². The summed E-state index contributed by atoms with van der Waals surface area (Å²) in [5.41, 5.74) is 0. The zero-order valence-corrected chi connectivity index (χ0v) is 17.0. The third kappa shape index (κ3) is 15.3. The van der Waals surface area contributed by atoms with Crippen molar-refractivity contribution in [1.29, 1.82) is 0 Å². The molecule has 0 rings (SSSR count). The summed E-state index contributed by atoms with van der Waals surface area (Å²) in [7, 11) is 0. The molecule has 24 heavy (non-hydrogen) atoms. The summed E-state index contributed by atoms with van der Waals surface area (Å²) in [6.45, 7) is 9.44. The van der Waals surface area contributed by atoms with Crippen molar-refractivity contribution in [2.45, 2.75) is 24.7 Å². The fourth-order valence-electron chi connectivity index (χ4n) is 1.40. The number of carbonyl (C=O) groups excluding carboxylic acids is 2. The first kappa shape index (κ1) is 23.7. The fourth-order valence-corrected chi connectivity index (χ4v) is 1.58. The number of alkyl halides is 1. The molecule has 0 saturated carbocycles. The number of halogens is 1. The van der Waals surface area contributed by atoms with Crippen molar-refractivity contribution >= 4 is 34.3 Å². The number of nitrogens with one attached hydrogen (secondary N) is 1. The van der Waals surface area contributed by atoms with Crippen LogP contribution in [0.15, 0.2) is 0 Å². The van der Waals surface area contributed by atoms with Crippen molar-refractivity contribution in [2.24, 2.45) is 5.92 Å². The fraction of sp³-hybridized carbons (Fsp3) is 0.875. The Hall–Kier alpha value is -0.290. The summed E-state index contributed by atoms with van der Waals surface area (Å²) in [5, 5.41) is 2.77. The molecule has 142 valence electrons. The average Bonchev–Trinajstić information content (AvgIpc) is 2.54. The highest BCUT2D eigenvalue weighted by molar-refractivity contribution is 14.1. The molecule has 1 amide bonds. The average molecular weight is 459 g/mol. The van der Waals surface area contributed by atoms with E-state index in [1.54, 1.807) is 0 Å². The molecular formula is C16H30INO6. The lowest BCUT2D eigenvalue weighted by atomic mass is 10.2. The van der Waals surface area contributed by atoms with Gasteiger partial charge in [-0.1, -0.05) is 36.4 Å². The van der Waals surface area contributed by atoms with Gasteiger partial charge in [-0.3, -0.25) is 9.59 Å². The maximum absolute atomic E-state index is 11.3. The Balaban J connectivity index is 3.15. The number of hydrogen-bond donors (Lipinski definition) is 1. The predicted molar refractivity (Wildman–Crippen MR) is 99.6 cm³/mol.